The number of hydrogen-bond donors (Lipinski definition) is 1. The van der Waals surface area contributed by atoms with Crippen molar-refractivity contribution < 1.29 is 14.3 Å². The number of ether oxygens (including phenoxy) is 1. The molecule has 1 N–H and O–H groups in total. The molecule has 0 heterocycles. The Morgan fingerprint density at radius 3 is 2.62 bits per heavy atom. The second-order valence-corrected chi connectivity index (χ2v) is 6.64. The van der Waals surface area contributed by atoms with E-state index >= 15 is 0 Å². The van der Waals surface area contributed by atoms with E-state index in [0.29, 0.717) is 5.69 Å². The van der Waals surface area contributed by atoms with Gasteiger partial charge in [-0.25, -0.2) is 0 Å². The number of carbonyl (C=O) groups is 2. The van der Waals surface area contributed by atoms with Crippen LogP contribution in [0.3, 0.4) is 0 Å². The fourth-order valence-electron chi connectivity index (χ4n) is 2.70. The van der Waals surface area contributed by atoms with Crippen LogP contribution in [0.1, 0.15) is 5.56 Å². The number of amides is 1. The van der Waals surface area contributed by atoms with Gasteiger partial charge >= 0.3 is 5.97 Å². The molecule has 0 spiro atoms. The Labute approximate surface area is 156 Å². The molecule has 132 valence electrons. The third-order valence-electron chi connectivity index (χ3n) is 3.93. The van der Waals surface area contributed by atoms with Gasteiger partial charge in [0.1, 0.15) is 0 Å². The van der Waals surface area contributed by atoms with Crippen molar-refractivity contribution in [3.05, 3.63) is 72.3 Å². The van der Waals surface area contributed by atoms with Gasteiger partial charge in [0.2, 0.25) is 0 Å². The number of esters is 1. The van der Waals surface area contributed by atoms with E-state index in [2.05, 4.69) is 5.32 Å². The van der Waals surface area contributed by atoms with Crippen LogP contribution < -0.4 is 5.32 Å². The average Bonchev–Trinajstić information content (AvgIpc) is 2.67. The Kier molecular flexibility index (Phi) is 5.92. The highest BCUT2D eigenvalue weighted by atomic mass is 32.2. The second kappa shape index (κ2) is 8.54. The summed E-state index contributed by atoms with van der Waals surface area (Å²) in [4.78, 5) is 25.1. The summed E-state index contributed by atoms with van der Waals surface area (Å²) in [7, 11) is 0. The third-order valence-corrected chi connectivity index (χ3v) is 4.66. The highest BCUT2D eigenvalue weighted by Gasteiger charge is 2.11. The molecule has 0 aliphatic carbocycles. The quantitative estimate of drug-likeness (QED) is 0.523. The lowest BCUT2D eigenvalue weighted by molar-refractivity contribution is -0.146. The molecule has 26 heavy (non-hydrogen) atoms. The van der Waals surface area contributed by atoms with Crippen LogP contribution >= 0.6 is 11.8 Å². The maximum atomic E-state index is 12.1. The number of benzene rings is 3. The van der Waals surface area contributed by atoms with Crippen LogP contribution in [0.4, 0.5) is 5.69 Å². The molecule has 0 bridgehead atoms. The molecule has 3 aromatic carbocycles. The highest BCUT2D eigenvalue weighted by Crippen LogP contribution is 2.20. The molecule has 0 saturated carbocycles. The molecule has 0 radical (unpaired) electrons. The summed E-state index contributed by atoms with van der Waals surface area (Å²) in [6.07, 6.45) is 2.10. The van der Waals surface area contributed by atoms with Crippen LogP contribution in [0.2, 0.25) is 0 Å². The van der Waals surface area contributed by atoms with Gasteiger partial charge in [0.15, 0.2) is 6.61 Å². The van der Waals surface area contributed by atoms with E-state index in [4.69, 9.17) is 4.74 Å². The third kappa shape index (κ3) is 4.64. The fraction of sp³-hybridized carbons (Fsp3) is 0.143. The van der Waals surface area contributed by atoms with E-state index in [9.17, 15) is 9.59 Å². The van der Waals surface area contributed by atoms with Gasteiger partial charge in [0.05, 0.1) is 6.42 Å². The Balaban J connectivity index is 1.55. The van der Waals surface area contributed by atoms with Crippen LogP contribution in [0.15, 0.2) is 71.6 Å². The van der Waals surface area contributed by atoms with Crippen molar-refractivity contribution in [2.45, 2.75) is 11.3 Å². The minimum absolute atomic E-state index is 0.136. The van der Waals surface area contributed by atoms with E-state index in [1.165, 1.54) is 0 Å². The van der Waals surface area contributed by atoms with E-state index in [0.717, 1.165) is 21.2 Å². The first-order valence-corrected chi connectivity index (χ1v) is 9.44. The summed E-state index contributed by atoms with van der Waals surface area (Å²) in [5.74, 6) is -0.774. The first-order chi connectivity index (χ1) is 12.7. The normalized spacial score (nSPS) is 10.5. The van der Waals surface area contributed by atoms with Crippen molar-refractivity contribution in [1.82, 2.24) is 0 Å². The average molecular weight is 365 g/mol. The molecule has 3 rings (SSSR count). The van der Waals surface area contributed by atoms with Crippen LogP contribution in [-0.2, 0) is 20.7 Å². The van der Waals surface area contributed by atoms with Crippen LogP contribution in [0, 0.1) is 0 Å². The number of rotatable bonds is 6. The minimum atomic E-state index is -0.422. The van der Waals surface area contributed by atoms with Gasteiger partial charge in [0, 0.05) is 10.6 Å². The van der Waals surface area contributed by atoms with Gasteiger partial charge in [-0.3, -0.25) is 9.59 Å². The van der Waals surface area contributed by atoms with Crippen molar-refractivity contribution >= 4 is 40.1 Å². The van der Waals surface area contributed by atoms with Crippen molar-refractivity contribution in [2.75, 3.05) is 18.2 Å². The van der Waals surface area contributed by atoms with E-state index in [1.807, 2.05) is 66.9 Å². The zero-order chi connectivity index (χ0) is 18.4. The summed E-state index contributed by atoms with van der Waals surface area (Å²) < 4.78 is 5.13. The van der Waals surface area contributed by atoms with Crippen LogP contribution in [0.5, 0.6) is 0 Å². The van der Waals surface area contributed by atoms with Crippen LogP contribution in [0.25, 0.3) is 10.8 Å². The standard InChI is InChI=1S/C21H19NO3S/c1-26-18-10-5-9-17(13-18)22-20(23)14-25-21(24)12-16-8-4-7-15-6-2-3-11-19(15)16/h2-11,13H,12,14H2,1H3,(H,22,23). The summed E-state index contributed by atoms with van der Waals surface area (Å²) in [6, 6.07) is 21.2. The zero-order valence-electron chi connectivity index (χ0n) is 14.4. The van der Waals surface area contributed by atoms with Crippen molar-refractivity contribution in [3.63, 3.8) is 0 Å². The topological polar surface area (TPSA) is 55.4 Å². The minimum Gasteiger partial charge on any atom is -0.455 e. The molecule has 0 atom stereocenters. The largest absolute Gasteiger partial charge is 0.455 e. The summed E-state index contributed by atoms with van der Waals surface area (Å²) >= 11 is 1.59. The predicted molar refractivity (Wildman–Crippen MR) is 105 cm³/mol. The molecule has 1 amide bonds. The lowest BCUT2D eigenvalue weighted by Gasteiger charge is -2.09. The van der Waals surface area contributed by atoms with Gasteiger partial charge in [0.25, 0.3) is 5.91 Å². The molecule has 0 aliphatic rings. The summed E-state index contributed by atoms with van der Waals surface area (Å²) in [6.45, 7) is -0.299. The Morgan fingerprint density at radius 1 is 1.00 bits per heavy atom. The first-order valence-electron chi connectivity index (χ1n) is 8.22. The van der Waals surface area contributed by atoms with Gasteiger partial charge < -0.3 is 10.1 Å². The maximum Gasteiger partial charge on any atom is 0.310 e. The van der Waals surface area contributed by atoms with Gasteiger partial charge in [-0.1, -0.05) is 48.5 Å². The Morgan fingerprint density at radius 2 is 1.77 bits per heavy atom. The van der Waals surface area contributed by atoms with Crippen molar-refractivity contribution in [3.8, 4) is 0 Å². The number of hydrogen-bond acceptors (Lipinski definition) is 4. The molecule has 4 nitrogen and oxygen atoms in total. The monoisotopic (exact) mass is 365 g/mol. The second-order valence-electron chi connectivity index (χ2n) is 5.76. The number of thioether (sulfide) groups is 1. The predicted octanol–water partition coefficient (Wildman–Crippen LogP) is 4.29. The van der Waals surface area contributed by atoms with Gasteiger partial charge in [-0.15, -0.1) is 11.8 Å². The van der Waals surface area contributed by atoms with Crippen molar-refractivity contribution in [1.29, 1.82) is 0 Å². The first kappa shape index (κ1) is 18.0. The zero-order valence-corrected chi connectivity index (χ0v) is 15.2. The van der Waals surface area contributed by atoms with E-state index < -0.39 is 5.97 Å². The number of anilines is 1. The van der Waals surface area contributed by atoms with E-state index in [1.54, 1.807) is 17.8 Å². The summed E-state index contributed by atoms with van der Waals surface area (Å²) in [5.41, 5.74) is 1.58. The van der Waals surface area contributed by atoms with Crippen molar-refractivity contribution in [2.24, 2.45) is 0 Å². The van der Waals surface area contributed by atoms with Gasteiger partial charge in [-0.2, -0.15) is 0 Å². The Hall–Kier alpha value is -2.79. The Bertz CT molecular complexity index is 934. The molecule has 0 unspecified atom stereocenters. The SMILES string of the molecule is CSc1cccc(NC(=O)COC(=O)Cc2cccc3ccccc23)c1. The summed E-state index contributed by atoms with van der Waals surface area (Å²) in [5, 5.41) is 4.83. The number of fused-ring (bicyclic) bond motifs is 1. The molecule has 5 heteroatoms. The molecule has 3 aromatic rings. The lowest BCUT2D eigenvalue weighted by atomic mass is 10.0. The number of nitrogens with one attached hydrogen (secondary N) is 1. The molecule has 0 aromatic heterocycles. The molecule has 0 saturated heterocycles. The molecular weight excluding hydrogens is 346 g/mol. The van der Waals surface area contributed by atoms with E-state index in [-0.39, 0.29) is 18.9 Å². The smallest absolute Gasteiger partial charge is 0.310 e. The fourth-order valence-corrected chi connectivity index (χ4v) is 3.16. The highest BCUT2D eigenvalue weighted by molar-refractivity contribution is 7.98. The van der Waals surface area contributed by atoms with Gasteiger partial charge in [-0.05, 0) is 40.8 Å². The number of carbonyl (C=O) groups excluding carboxylic acids is 2. The lowest BCUT2D eigenvalue weighted by Crippen LogP contribution is -2.21. The molecule has 0 fully saturated rings. The molecular formula is C21H19NO3S. The maximum absolute atomic E-state index is 12.1. The van der Waals surface area contributed by atoms with Crippen LogP contribution in [-0.4, -0.2) is 24.7 Å². The molecule has 0 aliphatic heterocycles.